The molecule has 150 valence electrons. The van der Waals surface area contributed by atoms with Crippen LogP contribution < -0.4 is 10.6 Å². The molecule has 29 heavy (non-hydrogen) atoms. The second-order valence-corrected chi connectivity index (χ2v) is 8.44. The smallest absolute Gasteiger partial charge is 0.325 e. The number of urea groups is 1. The highest BCUT2D eigenvalue weighted by Gasteiger charge is 2.52. The van der Waals surface area contributed by atoms with E-state index in [4.69, 9.17) is 0 Å². The third kappa shape index (κ3) is 2.98. The fraction of sp³-hybridized carbons (Fsp3) is 0.435. The van der Waals surface area contributed by atoms with Crippen LogP contribution in [0, 0.1) is 0 Å². The number of benzene rings is 2. The Balaban J connectivity index is 1.21. The molecule has 5 rings (SSSR count). The van der Waals surface area contributed by atoms with Crippen LogP contribution >= 0.6 is 0 Å². The second kappa shape index (κ2) is 6.87. The van der Waals surface area contributed by atoms with Gasteiger partial charge in [-0.3, -0.25) is 14.5 Å². The van der Waals surface area contributed by atoms with Crippen molar-refractivity contribution in [3.63, 3.8) is 0 Å². The average molecular weight is 391 g/mol. The molecule has 1 heterocycles. The fourth-order valence-electron chi connectivity index (χ4n) is 5.16. The summed E-state index contributed by atoms with van der Waals surface area (Å²) in [5.74, 6) is -0.209. The lowest BCUT2D eigenvalue weighted by Gasteiger charge is -2.20. The number of carbonyl (C=O) groups is 3. The van der Waals surface area contributed by atoms with Crippen LogP contribution in [0.25, 0.3) is 10.8 Å². The van der Waals surface area contributed by atoms with Gasteiger partial charge in [0.2, 0.25) is 5.91 Å². The van der Waals surface area contributed by atoms with Crippen LogP contribution in [0.5, 0.6) is 0 Å². The molecule has 2 N–H and O–H groups in total. The summed E-state index contributed by atoms with van der Waals surface area (Å²) >= 11 is 0. The van der Waals surface area contributed by atoms with E-state index >= 15 is 0 Å². The van der Waals surface area contributed by atoms with E-state index in [1.165, 1.54) is 21.4 Å². The first-order valence-electron chi connectivity index (χ1n) is 10.5. The van der Waals surface area contributed by atoms with Crippen LogP contribution in [0.2, 0.25) is 0 Å². The van der Waals surface area contributed by atoms with Gasteiger partial charge in [0.25, 0.3) is 5.91 Å². The minimum absolute atomic E-state index is 0.0914. The number of amides is 4. The van der Waals surface area contributed by atoms with Crippen LogP contribution in [0.15, 0.2) is 30.3 Å². The highest BCUT2D eigenvalue weighted by Crippen LogP contribution is 2.36. The predicted molar refractivity (Wildman–Crippen MR) is 111 cm³/mol. The average Bonchev–Trinajstić information content (AvgIpc) is 3.40. The van der Waals surface area contributed by atoms with Gasteiger partial charge >= 0.3 is 6.03 Å². The van der Waals surface area contributed by atoms with Gasteiger partial charge in [-0.2, -0.15) is 0 Å². The van der Waals surface area contributed by atoms with E-state index in [0.717, 1.165) is 49.6 Å². The molecule has 1 saturated carbocycles. The molecule has 2 fully saturated rings. The summed E-state index contributed by atoms with van der Waals surface area (Å²) in [5, 5.41) is 8.26. The molecule has 2 aromatic rings. The summed E-state index contributed by atoms with van der Waals surface area (Å²) in [4.78, 5) is 38.7. The number of carbonyl (C=O) groups excluding carboxylic acids is 3. The van der Waals surface area contributed by atoms with Crippen molar-refractivity contribution in [3.05, 3.63) is 41.5 Å². The first-order valence-corrected chi connectivity index (χ1v) is 10.5. The van der Waals surface area contributed by atoms with E-state index in [0.29, 0.717) is 6.42 Å². The van der Waals surface area contributed by atoms with E-state index < -0.39 is 5.54 Å². The Morgan fingerprint density at radius 1 is 1.07 bits per heavy atom. The number of anilines is 1. The van der Waals surface area contributed by atoms with Crippen LogP contribution in [0.1, 0.15) is 49.7 Å². The Morgan fingerprint density at radius 2 is 1.83 bits per heavy atom. The Bertz CT molecular complexity index is 1010. The van der Waals surface area contributed by atoms with Gasteiger partial charge < -0.3 is 10.6 Å². The molecule has 0 radical (unpaired) electrons. The molecule has 3 aliphatic rings. The van der Waals surface area contributed by atoms with Crippen molar-refractivity contribution in [1.82, 2.24) is 10.2 Å². The zero-order valence-electron chi connectivity index (χ0n) is 16.4. The molecule has 4 amide bonds. The monoisotopic (exact) mass is 391 g/mol. The summed E-state index contributed by atoms with van der Waals surface area (Å²) in [6, 6.07) is 10.0. The van der Waals surface area contributed by atoms with E-state index in [9.17, 15) is 14.4 Å². The van der Waals surface area contributed by atoms with Crippen LogP contribution in [0.3, 0.4) is 0 Å². The maximum atomic E-state index is 12.7. The molecule has 0 atom stereocenters. The standard InChI is InChI=1S/C23H25N3O3/c27-19(7-4-14-26-21(28)23(25-22(26)29)12-1-2-13-23)24-18-11-10-16-9-8-15-5-3-6-17(18)20(15)16/h3,5-6,10-11H,1-2,4,7-9,12-14H2,(H,24,27)(H,25,29). The maximum absolute atomic E-state index is 12.7. The SMILES string of the molecule is O=C(CCCN1C(=O)NC2(CCCC2)C1=O)Nc1ccc2c3c(cccc13)CC2. The third-order valence-electron chi connectivity index (χ3n) is 6.64. The molecule has 2 aromatic carbocycles. The number of nitrogens with one attached hydrogen (secondary N) is 2. The van der Waals surface area contributed by atoms with Gasteiger partial charge in [0.15, 0.2) is 0 Å². The van der Waals surface area contributed by atoms with Crippen LogP contribution in [0.4, 0.5) is 10.5 Å². The molecule has 6 heteroatoms. The van der Waals surface area contributed by atoms with Crippen molar-refractivity contribution in [1.29, 1.82) is 0 Å². The lowest BCUT2D eigenvalue weighted by atomic mass is 9.98. The Morgan fingerprint density at radius 3 is 2.62 bits per heavy atom. The van der Waals surface area contributed by atoms with Crippen LogP contribution in [-0.2, 0) is 22.4 Å². The molecular weight excluding hydrogens is 366 g/mol. The molecule has 1 saturated heterocycles. The minimum Gasteiger partial charge on any atom is -0.326 e. The second-order valence-electron chi connectivity index (χ2n) is 8.44. The molecule has 2 aliphatic carbocycles. The van der Waals surface area contributed by atoms with Gasteiger partial charge in [0.05, 0.1) is 0 Å². The van der Waals surface area contributed by atoms with Crippen molar-refractivity contribution >= 4 is 34.3 Å². The minimum atomic E-state index is -0.677. The number of hydrogen-bond donors (Lipinski definition) is 2. The van der Waals surface area contributed by atoms with Crippen molar-refractivity contribution in [2.45, 2.75) is 56.9 Å². The number of rotatable bonds is 5. The van der Waals surface area contributed by atoms with E-state index in [2.05, 4.69) is 28.8 Å². The van der Waals surface area contributed by atoms with Crippen molar-refractivity contribution in [2.24, 2.45) is 0 Å². The summed E-state index contributed by atoms with van der Waals surface area (Å²) in [5.41, 5.74) is 2.84. The molecule has 1 spiro atoms. The highest BCUT2D eigenvalue weighted by molar-refractivity contribution is 6.07. The predicted octanol–water partition coefficient (Wildman–Crippen LogP) is 3.52. The summed E-state index contributed by atoms with van der Waals surface area (Å²) in [6.07, 6.45) is 6.22. The number of aryl methyl sites for hydroxylation is 2. The molecule has 0 bridgehead atoms. The first kappa shape index (κ1) is 18.2. The van der Waals surface area contributed by atoms with Gasteiger partial charge in [0.1, 0.15) is 5.54 Å². The Hall–Kier alpha value is -2.89. The zero-order valence-corrected chi connectivity index (χ0v) is 16.4. The van der Waals surface area contributed by atoms with Gasteiger partial charge in [-0.05, 0) is 54.7 Å². The molecular formula is C23H25N3O3. The highest BCUT2D eigenvalue weighted by atomic mass is 16.2. The maximum Gasteiger partial charge on any atom is 0.325 e. The molecule has 0 unspecified atom stereocenters. The zero-order chi connectivity index (χ0) is 20.0. The van der Waals surface area contributed by atoms with Crippen molar-refractivity contribution in [2.75, 3.05) is 11.9 Å². The van der Waals surface area contributed by atoms with Crippen molar-refractivity contribution in [3.8, 4) is 0 Å². The van der Waals surface area contributed by atoms with Crippen LogP contribution in [-0.4, -0.2) is 34.8 Å². The Labute approximate surface area is 169 Å². The normalized spacial score (nSPS) is 19.4. The largest absolute Gasteiger partial charge is 0.326 e. The Kier molecular flexibility index (Phi) is 4.30. The lowest BCUT2D eigenvalue weighted by molar-refractivity contribution is -0.131. The molecule has 6 nitrogen and oxygen atoms in total. The third-order valence-corrected chi connectivity index (χ3v) is 6.64. The van der Waals surface area contributed by atoms with Gasteiger partial charge in [-0.15, -0.1) is 0 Å². The lowest BCUT2D eigenvalue weighted by Crippen LogP contribution is -2.44. The van der Waals surface area contributed by atoms with E-state index in [-0.39, 0.29) is 30.8 Å². The fourth-order valence-corrected chi connectivity index (χ4v) is 5.16. The van der Waals surface area contributed by atoms with Gasteiger partial charge in [-0.25, -0.2) is 4.79 Å². The van der Waals surface area contributed by atoms with Gasteiger partial charge in [-0.1, -0.05) is 37.1 Å². The first-order chi connectivity index (χ1) is 14.1. The summed E-state index contributed by atoms with van der Waals surface area (Å²) in [7, 11) is 0. The summed E-state index contributed by atoms with van der Waals surface area (Å²) in [6.45, 7) is 0.281. The van der Waals surface area contributed by atoms with E-state index in [1.807, 2.05) is 12.1 Å². The quantitative estimate of drug-likeness (QED) is 0.766. The molecule has 1 aliphatic heterocycles. The van der Waals surface area contributed by atoms with E-state index in [1.54, 1.807) is 0 Å². The number of nitrogens with zero attached hydrogens (tertiary/aromatic N) is 1. The summed E-state index contributed by atoms with van der Waals surface area (Å²) < 4.78 is 0. The topological polar surface area (TPSA) is 78.5 Å². The number of imide groups is 1. The van der Waals surface area contributed by atoms with Gasteiger partial charge in [0, 0.05) is 24.0 Å². The molecule has 0 aromatic heterocycles. The van der Waals surface area contributed by atoms with Crippen molar-refractivity contribution < 1.29 is 14.4 Å². The number of hydrogen-bond acceptors (Lipinski definition) is 3.